The molecule has 0 saturated carbocycles. The van der Waals surface area contributed by atoms with E-state index in [9.17, 15) is 9.59 Å². The van der Waals surface area contributed by atoms with Gasteiger partial charge >= 0.3 is 0 Å². The predicted octanol–water partition coefficient (Wildman–Crippen LogP) is 0.481. The number of hydrogen-bond acceptors (Lipinski definition) is 4. The van der Waals surface area contributed by atoms with Gasteiger partial charge in [0.25, 0.3) is 11.5 Å². The maximum Gasteiger partial charge on any atom is 0.264 e. The molecule has 0 fully saturated rings. The molecule has 0 aliphatic rings. The van der Waals surface area contributed by atoms with E-state index in [-0.39, 0.29) is 17.3 Å². The summed E-state index contributed by atoms with van der Waals surface area (Å²) in [5.74, 6) is -0.0115. The number of H-pyrrole nitrogens is 1. The highest BCUT2D eigenvalue weighted by atomic mass is 16.2. The number of nitrogens with one attached hydrogen (secondary N) is 2. The van der Waals surface area contributed by atoms with Gasteiger partial charge in [-0.1, -0.05) is 12.1 Å². The SMILES string of the molecule is NCc1cccc(C(=O)Nc2ccc(=O)[nH]n2)c1. The summed E-state index contributed by atoms with van der Waals surface area (Å²) >= 11 is 0. The van der Waals surface area contributed by atoms with Crippen LogP contribution in [0.1, 0.15) is 15.9 Å². The highest BCUT2D eigenvalue weighted by Crippen LogP contribution is 2.07. The van der Waals surface area contributed by atoms with E-state index in [0.717, 1.165) is 5.56 Å². The molecule has 1 amide bonds. The minimum atomic E-state index is -0.321. The Kier molecular flexibility index (Phi) is 3.49. The third-order valence-corrected chi connectivity index (χ3v) is 2.35. The first-order valence-electron chi connectivity index (χ1n) is 5.35. The van der Waals surface area contributed by atoms with Gasteiger partial charge in [0.05, 0.1) is 0 Å². The van der Waals surface area contributed by atoms with E-state index in [2.05, 4.69) is 15.5 Å². The molecule has 0 aliphatic heterocycles. The maximum absolute atomic E-state index is 11.9. The number of carbonyl (C=O) groups is 1. The first-order valence-corrected chi connectivity index (χ1v) is 5.35. The second-order valence-corrected chi connectivity index (χ2v) is 3.67. The van der Waals surface area contributed by atoms with E-state index >= 15 is 0 Å². The Labute approximate surface area is 103 Å². The normalized spacial score (nSPS) is 10.1. The number of aromatic amines is 1. The Morgan fingerprint density at radius 1 is 1.33 bits per heavy atom. The highest BCUT2D eigenvalue weighted by molar-refractivity contribution is 6.03. The van der Waals surface area contributed by atoms with Crippen LogP contribution in [0.4, 0.5) is 5.82 Å². The van der Waals surface area contributed by atoms with E-state index in [1.807, 2.05) is 6.07 Å². The second kappa shape index (κ2) is 5.24. The maximum atomic E-state index is 11.9. The quantitative estimate of drug-likeness (QED) is 0.731. The monoisotopic (exact) mass is 244 g/mol. The number of amides is 1. The molecule has 0 bridgehead atoms. The molecule has 0 atom stereocenters. The van der Waals surface area contributed by atoms with Crippen molar-refractivity contribution in [3.05, 3.63) is 57.9 Å². The molecule has 1 heterocycles. The van der Waals surface area contributed by atoms with Crippen molar-refractivity contribution in [3.63, 3.8) is 0 Å². The first kappa shape index (κ1) is 12.0. The van der Waals surface area contributed by atoms with E-state index in [1.54, 1.807) is 18.2 Å². The zero-order chi connectivity index (χ0) is 13.0. The Morgan fingerprint density at radius 2 is 2.17 bits per heavy atom. The largest absolute Gasteiger partial charge is 0.326 e. The lowest BCUT2D eigenvalue weighted by Gasteiger charge is -2.04. The van der Waals surface area contributed by atoms with Crippen molar-refractivity contribution >= 4 is 11.7 Å². The Morgan fingerprint density at radius 3 is 2.83 bits per heavy atom. The van der Waals surface area contributed by atoms with Gasteiger partial charge in [-0.2, -0.15) is 5.10 Å². The molecule has 6 heteroatoms. The fourth-order valence-electron chi connectivity index (χ4n) is 1.44. The average Bonchev–Trinajstić information content (AvgIpc) is 2.41. The highest BCUT2D eigenvalue weighted by Gasteiger charge is 2.07. The van der Waals surface area contributed by atoms with Crippen LogP contribution in [0.25, 0.3) is 0 Å². The Hall–Kier alpha value is -2.47. The molecule has 0 radical (unpaired) electrons. The van der Waals surface area contributed by atoms with Crippen molar-refractivity contribution in [1.29, 1.82) is 0 Å². The van der Waals surface area contributed by atoms with Crippen molar-refractivity contribution in [3.8, 4) is 0 Å². The summed E-state index contributed by atoms with van der Waals surface area (Å²) in [6.45, 7) is 0.373. The molecular formula is C12H12N4O2. The first-order chi connectivity index (χ1) is 8.69. The molecule has 0 saturated heterocycles. The zero-order valence-corrected chi connectivity index (χ0v) is 9.51. The fourth-order valence-corrected chi connectivity index (χ4v) is 1.44. The second-order valence-electron chi connectivity index (χ2n) is 3.67. The molecular weight excluding hydrogens is 232 g/mol. The van der Waals surface area contributed by atoms with Crippen LogP contribution in [0.15, 0.2) is 41.2 Å². The Bertz CT molecular complexity index is 601. The number of aromatic nitrogens is 2. The van der Waals surface area contributed by atoms with Crippen LogP contribution in [0.2, 0.25) is 0 Å². The topological polar surface area (TPSA) is 101 Å². The van der Waals surface area contributed by atoms with Crippen LogP contribution in [0.5, 0.6) is 0 Å². The molecule has 0 unspecified atom stereocenters. The fraction of sp³-hybridized carbons (Fsp3) is 0.0833. The summed E-state index contributed by atoms with van der Waals surface area (Å²) in [7, 11) is 0. The summed E-state index contributed by atoms with van der Waals surface area (Å²) in [5.41, 5.74) is 6.55. The van der Waals surface area contributed by atoms with Crippen LogP contribution >= 0.6 is 0 Å². The number of nitrogens with two attached hydrogens (primary N) is 1. The molecule has 18 heavy (non-hydrogen) atoms. The molecule has 0 spiro atoms. The van der Waals surface area contributed by atoms with Crippen LogP contribution in [0, 0.1) is 0 Å². The van der Waals surface area contributed by atoms with E-state index in [1.165, 1.54) is 12.1 Å². The number of nitrogens with zero attached hydrogens (tertiary/aromatic N) is 1. The lowest BCUT2D eigenvalue weighted by Crippen LogP contribution is -2.16. The summed E-state index contributed by atoms with van der Waals surface area (Å²) < 4.78 is 0. The third kappa shape index (κ3) is 2.80. The zero-order valence-electron chi connectivity index (χ0n) is 9.51. The molecule has 92 valence electrons. The number of benzene rings is 1. The molecule has 2 aromatic rings. The van der Waals surface area contributed by atoms with Crippen molar-refractivity contribution in [1.82, 2.24) is 10.2 Å². The van der Waals surface area contributed by atoms with Crippen molar-refractivity contribution in [2.75, 3.05) is 5.32 Å². The van der Waals surface area contributed by atoms with E-state index in [0.29, 0.717) is 12.1 Å². The van der Waals surface area contributed by atoms with Gasteiger partial charge in [-0.25, -0.2) is 5.10 Å². The lowest BCUT2D eigenvalue weighted by molar-refractivity contribution is 0.102. The summed E-state index contributed by atoms with van der Waals surface area (Å²) in [6, 6.07) is 9.72. The van der Waals surface area contributed by atoms with Gasteiger partial charge in [0.15, 0.2) is 5.82 Å². The van der Waals surface area contributed by atoms with Crippen LogP contribution in [0.3, 0.4) is 0 Å². The number of anilines is 1. The summed E-state index contributed by atoms with van der Waals surface area (Å²) in [4.78, 5) is 22.7. The smallest absolute Gasteiger partial charge is 0.264 e. The minimum absolute atomic E-state index is 0.290. The van der Waals surface area contributed by atoms with Gasteiger partial charge in [0.1, 0.15) is 0 Å². The van der Waals surface area contributed by atoms with Crippen LogP contribution in [-0.4, -0.2) is 16.1 Å². The minimum Gasteiger partial charge on any atom is -0.326 e. The standard InChI is InChI=1S/C12H12N4O2/c13-7-8-2-1-3-9(6-8)12(18)14-10-4-5-11(17)16-15-10/h1-6H,7,13H2,(H,16,17)(H,14,15,18). The third-order valence-electron chi connectivity index (χ3n) is 2.35. The van der Waals surface area contributed by atoms with Crippen LogP contribution in [-0.2, 0) is 6.54 Å². The summed E-state index contributed by atoms with van der Waals surface area (Å²) in [6.07, 6.45) is 0. The Balaban J connectivity index is 2.16. The van der Waals surface area contributed by atoms with Crippen molar-refractivity contribution in [2.45, 2.75) is 6.54 Å². The summed E-state index contributed by atoms with van der Waals surface area (Å²) in [5, 5.41) is 8.51. The number of hydrogen-bond donors (Lipinski definition) is 3. The molecule has 1 aromatic heterocycles. The van der Waals surface area contributed by atoms with Gasteiger partial charge in [0.2, 0.25) is 0 Å². The van der Waals surface area contributed by atoms with Crippen LogP contribution < -0.4 is 16.6 Å². The van der Waals surface area contributed by atoms with Gasteiger partial charge in [-0.15, -0.1) is 0 Å². The van der Waals surface area contributed by atoms with Gasteiger partial charge in [-0.3, -0.25) is 9.59 Å². The molecule has 0 aliphatic carbocycles. The van der Waals surface area contributed by atoms with Gasteiger partial charge in [0, 0.05) is 18.2 Å². The van der Waals surface area contributed by atoms with E-state index in [4.69, 9.17) is 5.73 Å². The van der Waals surface area contributed by atoms with Gasteiger partial charge < -0.3 is 11.1 Å². The van der Waals surface area contributed by atoms with Crippen molar-refractivity contribution in [2.24, 2.45) is 5.73 Å². The molecule has 6 nitrogen and oxygen atoms in total. The lowest BCUT2D eigenvalue weighted by atomic mass is 10.1. The van der Waals surface area contributed by atoms with E-state index < -0.39 is 0 Å². The molecule has 1 aromatic carbocycles. The molecule has 4 N–H and O–H groups in total. The van der Waals surface area contributed by atoms with Crippen molar-refractivity contribution < 1.29 is 4.79 Å². The predicted molar refractivity (Wildman–Crippen MR) is 67.1 cm³/mol. The number of carbonyl (C=O) groups excluding carboxylic acids is 1. The average molecular weight is 244 g/mol. The molecule has 2 rings (SSSR count). The number of rotatable bonds is 3. The van der Waals surface area contributed by atoms with Gasteiger partial charge in [-0.05, 0) is 23.8 Å².